The Morgan fingerprint density at radius 2 is 1.62 bits per heavy atom. The molecule has 2 saturated carbocycles. The Morgan fingerprint density at radius 3 is 2.29 bits per heavy atom. The number of carbonyl (C=O) groups is 1. The van der Waals surface area contributed by atoms with Crippen LogP contribution in [0.4, 0.5) is 0 Å². The van der Waals surface area contributed by atoms with Gasteiger partial charge in [-0.3, -0.25) is 4.79 Å². The maximum Gasteiger partial charge on any atom is 0.303 e. The molecule has 0 heterocycles. The van der Waals surface area contributed by atoms with Crippen molar-refractivity contribution in [3.63, 3.8) is 0 Å². The van der Waals surface area contributed by atoms with E-state index in [0.29, 0.717) is 18.1 Å². The fourth-order valence-electron chi connectivity index (χ4n) is 5.68. The van der Waals surface area contributed by atoms with Gasteiger partial charge in [0.25, 0.3) is 0 Å². The Kier molecular flexibility index (Phi) is 8.28. The Bertz CT molecular complexity index is 946. The van der Waals surface area contributed by atoms with E-state index in [1.54, 1.807) is 0 Å². The van der Waals surface area contributed by atoms with E-state index in [1.165, 1.54) is 32.1 Å². The summed E-state index contributed by atoms with van der Waals surface area (Å²) >= 11 is 0. The second kappa shape index (κ2) is 11.6. The first kappa shape index (κ1) is 24.3. The molecule has 3 N–H and O–H groups in total. The fourth-order valence-corrected chi connectivity index (χ4v) is 5.68. The summed E-state index contributed by atoms with van der Waals surface area (Å²) in [6, 6.07) is 17.8. The molecule has 4 atom stereocenters. The summed E-state index contributed by atoms with van der Waals surface area (Å²) in [4.78, 5) is 11.5. The van der Waals surface area contributed by atoms with Crippen LogP contribution in [-0.4, -0.2) is 33.5 Å². The van der Waals surface area contributed by atoms with Crippen molar-refractivity contribution in [2.45, 2.75) is 70.0 Å². The number of aliphatic hydroxyl groups is 2. The molecule has 2 fully saturated rings. The van der Waals surface area contributed by atoms with E-state index in [2.05, 4.69) is 0 Å². The maximum absolute atomic E-state index is 11.5. The number of allylic oxidation sites excluding steroid dienone is 1. The van der Waals surface area contributed by atoms with Crippen molar-refractivity contribution in [1.82, 2.24) is 0 Å². The molecule has 0 spiro atoms. The molecule has 4 rings (SSSR count). The molecular weight excluding hydrogens is 428 g/mol. The van der Waals surface area contributed by atoms with Crippen molar-refractivity contribution in [3.05, 3.63) is 66.4 Å². The number of hydrogen-bond donors (Lipinski definition) is 3. The fraction of sp³-hybridized carbons (Fsp3) is 0.483. The summed E-state index contributed by atoms with van der Waals surface area (Å²) in [6.07, 6.45) is 8.83. The molecule has 5 heteroatoms. The second-order valence-corrected chi connectivity index (χ2v) is 9.85. The van der Waals surface area contributed by atoms with Gasteiger partial charge in [0.05, 0.1) is 24.2 Å². The molecule has 0 bridgehead atoms. The monoisotopic (exact) mass is 464 g/mol. The quantitative estimate of drug-likeness (QED) is 0.375. The van der Waals surface area contributed by atoms with Crippen molar-refractivity contribution in [3.8, 4) is 16.9 Å². The molecule has 2 aromatic carbocycles. The maximum atomic E-state index is 11.5. The number of aliphatic hydroxyl groups excluding tert-OH is 2. The highest BCUT2D eigenvalue weighted by atomic mass is 16.5. The van der Waals surface area contributed by atoms with Crippen LogP contribution >= 0.6 is 0 Å². The lowest BCUT2D eigenvalue weighted by Crippen LogP contribution is -2.29. The van der Waals surface area contributed by atoms with Gasteiger partial charge in [-0.15, -0.1) is 0 Å². The minimum Gasteiger partial charge on any atom is -0.512 e. The zero-order chi connectivity index (χ0) is 23.9. The molecule has 0 aromatic heterocycles. The lowest BCUT2D eigenvalue weighted by molar-refractivity contribution is -0.139. The molecule has 2 aliphatic rings. The van der Waals surface area contributed by atoms with Crippen LogP contribution in [0.3, 0.4) is 0 Å². The predicted molar refractivity (Wildman–Crippen MR) is 133 cm³/mol. The van der Waals surface area contributed by atoms with E-state index in [-0.39, 0.29) is 12.2 Å². The second-order valence-electron chi connectivity index (χ2n) is 9.85. The van der Waals surface area contributed by atoms with Crippen LogP contribution in [0, 0.1) is 17.8 Å². The molecule has 182 valence electrons. The number of benzene rings is 2. The van der Waals surface area contributed by atoms with E-state index in [4.69, 9.17) is 4.74 Å². The van der Waals surface area contributed by atoms with E-state index >= 15 is 0 Å². The number of hydrogen-bond acceptors (Lipinski definition) is 4. The predicted octanol–water partition coefficient (Wildman–Crippen LogP) is 6.38. The standard InChI is InChI=1S/C29H36O5/c30-25(13-7-10-20-8-3-1-4-9-20)29-24(18-28(32)33)26(31)19-27(29)34-23-16-14-22(15-17-23)21-11-5-2-6-12-21/h2,5-6,11-17,20,24,26-27,29-31H,1,3-4,7-10,18-19H2,(H,32,33)/t24-,26-,27-,29-/m1/s1. The molecule has 2 aliphatic carbocycles. The van der Waals surface area contributed by atoms with Crippen molar-refractivity contribution in [2.75, 3.05) is 0 Å². The molecule has 0 amide bonds. The van der Waals surface area contributed by atoms with Crippen LogP contribution in [0.5, 0.6) is 5.75 Å². The van der Waals surface area contributed by atoms with Crippen LogP contribution in [0.1, 0.15) is 57.8 Å². The Labute approximate surface area is 202 Å². The molecule has 0 unspecified atom stereocenters. The molecule has 34 heavy (non-hydrogen) atoms. The highest BCUT2D eigenvalue weighted by Gasteiger charge is 2.47. The Hall–Kier alpha value is -2.79. The molecule has 2 aromatic rings. The Morgan fingerprint density at radius 1 is 0.941 bits per heavy atom. The lowest BCUT2D eigenvalue weighted by Gasteiger charge is -2.25. The van der Waals surface area contributed by atoms with Gasteiger partial charge in [0.2, 0.25) is 0 Å². The van der Waals surface area contributed by atoms with E-state index < -0.39 is 30.0 Å². The van der Waals surface area contributed by atoms with Gasteiger partial charge in [0, 0.05) is 12.3 Å². The third-order valence-corrected chi connectivity index (χ3v) is 7.48. The summed E-state index contributed by atoms with van der Waals surface area (Å²) in [5, 5.41) is 31.0. The van der Waals surface area contributed by atoms with Crippen molar-refractivity contribution in [2.24, 2.45) is 17.8 Å². The van der Waals surface area contributed by atoms with Gasteiger partial charge in [0.15, 0.2) is 0 Å². The van der Waals surface area contributed by atoms with Crippen LogP contribution in [0.15, 0.2) is 66.4 Å². The van der Waals surface area contributed by atoms with Crippen molar-refractivity contribution >= 4 is 5.97 Å². The summed E-state index contributed by atoms with van der Waals surface area (Å²) < 4.78 is 6.22. The average Bonchev–Trinajstić information content (AvgIpc) is 3.14. The lowest BCUT2D eigenvalue weighted by atomic mass is 9.85. The molecular formula is C29H36O5. The van der Waals surface area contributed by atoms with Gasteiger partial charge in [-0.05, 0) is 48.1 Å². The van der Waals surface area contributed by atoms with E-state index in [0.717, 1.165) is 24.0 Å². The van der Waals surface area contributed by atoms with Crippen LogP contribution < -0.4 is 4.74 Å². The van der Waals surface area contributed by atoms with Gasteiger partial charge in [-0.2, -0.15) is 0 Å². The third kappa shape index (κ3) is 6.20. The highest BCUT2D eigenvalue weighted by Crippen LogP contribution is 2.41. The minimum absolute atomic E-state index is 0.157. The largest absolute Gasteiger partial charge is 0.512 e. The number of rotatable bonds is 9. The minimum atomic E-state index is -0.975. The van der Waals surface area contributed by atoms with Crippen LogP contribution in [-0.2, 0) is 4.79 Å². The first-order chi connectivity index (χ1) is 16.5. The first-order valence-corrected chi connectivity index (χ1v) is 12.6. The first-order valence-electron chi connectivity index (χ1n) is 12.6. The number of carboxylic acids is 1. The SMILES string of the molecule is O=C(O)C[C@H]1[C@H](C(O)=CCCC2CCCCC2)[C@H](Oc2ccc(-c3ccccc3)cc2)C[C@H]1O. The molecule has 0 saturated heterocycles. The van der Waals surface area contributed by atoms with Crippen LogP contribution in [0.2, 0.25) is 0 Å². The smallest absolute Gasteiger partial charge is 0.303 e. The highest BCUT2D eigenvalue weighted by molar-refractivity contribution is 5.67. The number of aliphatic carboxylic acids is 1. The van der Waals surface area contributed by atoms with Crippen molar-refractivity contribution < 1.29 is 24.9 Å². The normalized spacial score (nSPS) is 25.9. The summed E-state index contributed by atoms with van der Waals surface area (Å²) in [6.45, 7) is 0. The van der Waals surface area contributed by atoms with E-state index in [1.807, 2.05) is 60.7 Å². The van der Waals surface area contributed by atoms with Crippen molar-refractivity contribution in [1.29, 1.82) is 0 Å². The zero-order valence-electron chi connectivity index (χ0n) is 19.7. The van der Waals surface area contributed by atoms with Gasteiger partial charge in [0.1, 0.15) is 11.9 Å². The third-order valence-electron chi connectivity index (χ3n) is 7.48. The topological polar surface area (TPSA) is 87.0 Å². The Balaban J connectivity index is 1.46. The van der Waals surface area contributed by atoms with Gasteiger partial charge in [-0.1, -0.05) is 74.6 Å². The molecule has 0 radical (unpaired) electrons. The average molecular weight is 465 g/mol. The van der Waals surface area contributed by atoms with Gasteiger partial charge >= 0.3 is 5.97 Å². The van der Waals surface area contributed by atoms with Crippen LogP contribution in [0.25, 0.3) is 11.1 Å². The number of ether oxygens (including phenoxy) is 1. The molecule has 0 aliphatic heterocycles. The number of carboxylic acid groups (broad SMARTS) is 1. The van der Waals surface area contributed by atoms with Gasteiger partial charge < -0.3 is 20.1 Å². The van der Waals surface area contributed by atoms with E-state index in [9.17, 15) is 20.1 Å². The van der Waals surface area contributed by atoms with Gasteiger partial charge in [-0.25, -0.2) is 0 Å². The summed E-state index contributed by atoms with van der Waals surface area (Å²) in [7, 11) is 0. The zero-order valence-corrected chi connectivity index (χ0v) is 19.7. The summed E-state index contributed by atoms with van der Waals surface area (Å²) in [5.41, 5.74) is 2.19. The summed E-state index contributed by atoms with van der Waals surface area (Å²) in [5.74, 6) is -0.575. The molecule has 5 nitrogen and oxygen atoms in total.